The van der Waals surface area contributed by atoms with E-state index in [1.54, 1.807) is 18.2 Å². The zero-order chi connectivity index (χ0) is 23.1. The van der Waals surface area contributed by atoms with E-state index >= 15 is 0 Å². The number of ketones is 1. The van der Waals surface area contributed by atoms with Crippen LogP contribution in [0.2, 0.25) is 0 Å². The summed E-state index contributed by atoms with van der Waals surface area (Å²) in [4.78, 5) is 26.2. The van der Waals surface area contributed by atoms with Crippen LogP contribution in [0.25, 0.3) is 0 Å². The summed E-state index contributed by atoms with van der Waals surface area (Å²) in [5.74, 6) is -0.216. The van der Waals surface area contributed by atoms with E-state index in [9.17, 15) is 14.2 Å². The molecule has 0 fully saturated rings. The fourth-order valence-electron chi connectivity index (χ4n) is 3.51. The van der Waals surface area contributed by atoms with Gasteiger partial charge in [-0.15, -0.1) is 0 Å². The largest absolute Gasteiger partial charge is 0.496 e. The summed E-state index contributed by atoms with van der Waals surface area (Å²) in [5.41, 5.74) is 0.251. The Kier molecular flexibility index (Phi) is 13.1. The number of hydrogen-bond acceptors (Lipinski definition) is 6. The predicted octanol–water partition coefficient (Wildman–Crippen LogP) is 6.40. The molecule has 7 heteroatoms. The van der Waals surface area contributed by atoms with Crippen molar-refractivity contribution in [3.63, 3.8) is 0 Å². The maximum absolute atomic E-state index is 13.2. The van der Waals surface area contributed by atoms with E-state index in [0.717, 1.165) is 25.7 Å². The topological polar surface area (TPSA) is 78.9 Å². The minimum Gasteiger partial charge on any atom is -0.496 e. The van der Waals surface area contributed by atoms with Crippen molar-refractivity contribution >= 4 is 20.2 Å². The third kappa shape index (κ3) is 8.25. The molecule has 174 valence electrons. The number of carbonyl (C=O) groups excluding carboxylic acids is 2. The molecule has 0 amide bonds. The van der Waals surface area contributed by atoms with Gasteiger partial charge in [-0.3, -0.25) is 14.2 Å². The molecule has 0 bridgehead atoms. The maximum atomic E-state index is 13.2. The van der Waals surface area contributed by atoms with Gasteiger partial charge in [0.2, 0.25) is 0 Å². The molecule has 0 aliphatic heterocycles. The molecule has 6 nitrogen and oxygen atoms in total. The van der Waals surface area contributed by atoms with E-state index in [0.29, 0.717) is 24.3 Å². The van der Waals surface area contributed by atoms with Crippen LogP contribution < -0.4 is 9.47 Å². The van der Waals surface area contributed by atoms with Crippen LogP contribution in [-0.2, 0) is 14.1 Å². The lowest BCUT2D eigenvalue weighted by molar-refractivity contribution is -0.147. The monoisotopic (exact) mass is 452 g/mol. The summed E-state index contributed by atoms with van der Waals surface area (Å²) in [6.45, 7) is 4.43. The second kappa shape index (κ2) is 15.0. The van der Waals surface area contributed by atoms with E-state index in [-0.39, 0.29) is 24.4 Å². The summed E-state index contributed by atoms with van der Waals surface area (Å²) in [7, 11) is 2.53. The Morgan fingerprint density at radius 2 is 1.48 bits per heavy atom. The normalized spacial score (nSPS) is 12.9. The Balaban J connectivity index is 2.94. The van der Waals surface area contributed by atoms with Gasteiger partial charge in [0, 0.05) is 6.42 Å². The van der Waals surface area contributed by atoms with Crippen LogP contribution in [0.15, 0.2) is 18.2 Å². The van der Waals surface area contributed by atoms with E-state index in [4.69, 9.17) is 14.2 Å². The van der Waals surface area contributed by atoms with Gasteiger partial charge in [-0.05, 0) is 25.0 Å². The van der Waals surface area contributed by atoms with Gasteiger partial charge in [-0.2, -0.15) is 0 Å². The Morgan fingerprint density at radius 3 is 2.03 bits per heavy atom. The van der Waals surface area contributed by atoms with Gasteiger partial charge in [-0.25, -0.2) is 0 Å². The molecule has 1 unspecified atom stereocenters. The van der Waals surface area contributed by atoms with Crippen LogP contribution in [0.3, 0.4) is 0 Å². The van der Waals surface area contributed by atoms with Gasteiger partial charge in [-0.1, -0.05) is 64.9 Å². The van der Waals surface area contributed by atoms with Crippen molar-refractivity contribution in [3.05, 3.63) is 23.8 Å². The average molecular weight is 453 g/mol. The molecule has 0 saturated heterocycles. The lowest BCUT2D eigenvalue weighted by Gasteiger charge is -2.25. The van der Waals surface area contributed by atoms with Crippen LogP contribution in [0.1, 0.15) is 88.4 Å². The van der Waals surface area contributed by atoms with Crippen molar-refractivity contribution < 1.29 is 28.4 Å². The molecule has 0 saturated carbocycles. The highest BCUT2D eigenvalue weighted by Crippen LogP contribution is 2.39. The number of carbonyl (C=O) groups is 2. The molecule has 1 rings (SSSR count). The number of ether oxygens (including phenoxy) is 3. The second-order valence-electron chi connectivity index (χ2n) is 7.77. The Labute approximate surface area is 188 Å². The third-order valence-electron chi connectivity index (χ3n) is 5.39. The van der Waals surface area contributed by atoms with Crippen molar-refractivity contribution in [2.45, 2.75) is 83.2 Å². The first kappa shape index (κ1) is 27.1. The number of methoxy groups -OCH3 is 2. The number of benzene rings is 1. The van der Waals surface area contributed by atoms with Crippen LogP contribution >= 0.6 is 8.46 Å². The van der Waals surface area contributed by atoms with Gasteiger partial charge in [0.1, 0.15) is 17.1 Å². The fourth-order valence-corrected chi connectivity index (χ4v) is 4.11. The molecule has 1 atom stereocenters. The lowest BCUT2D eigenvalue weighted by Crippen LogP contribution is -2.37. The molecule has 0 radical (unpaired) electrons. The smallest absolute Gasteiger partial charge is 0.324 e. The standard InChI is InChI=1S/C24H37O6P/c1-5-7-9-10-11-12-17-30-23(26)24(31-27,16-8-6-2)18-19(25)22-20(28-3)14-13-15-21(22)29-4/h13-15H,5-12,16-18H2,1-4H3. The molecule has 1 aromatic rings. The van der Waals surface area contributed by atoms with Crippen molar-refractivity contribution in [1.82, 2.24) is 0 Å². The number of unbranched alkanes of at least 4 members (excludes halogenated alkanes) is 6. The first-order chi connectivity index (χ1) is 15.0. The van der Waals surface area contributed by atoms with E-state index < -0.39 is 19.6 Å². The van der Waals surface area contributed by atoms with Crippen LogP contribution in [-0.4, -0.2) is 37.7 Å². The molecule has 0 aromatic heterocycles. The Morgan fingerprint density at radius 1 is 0.903 bits per heavy atom. The van der Waals surface area contributed by atoms with Crippen molar-refractivity contribution in [1.29, 1.82) is 0 Å². The van der Waals surface area contributed by atoms with Gasteiger partial charge in [0.15, 0.2) is 19.4 Å². The minimum atomic E-state index is -1.40. The summed E-state index contributed by atoms with van der Waals surface area (Å²) in [6.07, 6.45) is 8.00. The van der Waals surface area contributed by atoms with Gasteiger partial charge in [0.25, 0.3) is 0 Å². The summed E-state index contributed by atoms with van der Waals surface area (Å²) < 4.78 is 28.4. The molecular formula is C24H37O6P. The molecule has 0 N–H and O–H groups in total. The predicted molar refractivity (Wildman–Crippen MR) is 123 cm³/mol. The second-order valence-corrected chi connectivity index (χ2v) is 8.81. The zero-order valence-electron chi connectivity index (χ0n) is 19.4. The number of rotatable bonds is 17. The van der Waals surface area contributed by atoms with Crippen molar-refractivity contribution in [3.8, 4) is 11.5 Å². The Bertz CT molecular complexity index is 683. The first-order valence-corrected chi connectivity index (χ1v) is 12.1. The highest BCUT2D eigenvalue weighted by atomic mass is 31.1. The fraction of sp³-hybridized carbons (Fsp3) is 0.667. The molecule has 1 aromatic carbocycles. The zero-order valence-corrected chi connectivity index (χ0v) is 20.3. The van der Waals surface area contributed by atoms with E-state index in [2.05, 4.69) is 6.92 Å². The van der Waals surface area contributed by atoms with Crippen molar-refractivity contribution in [2.75, 3.05) is 20.8 Å². The SMILES string of the molecule is CCCCCCCCOC(=O)C(CCCC)(CC(=O)c1c(OC)cccc1OC)P=O. The third-order valence-corrected chi connectivity index (χ3v) is 6.30. The molecule has 0 aliphatic rings. The van der Waals surface area contributed by atoms with Gasteiger partial charge in [0.05, 0.1) is 20.8 Å². The highest BCUT2D eigenvalue weighted by molar-refractivity contribution is 7.28. The van der Waals surface area contributed by atoms with E-state index in [1.807, 2.05) is 6.92 Å². The molecule has 0 heterocycles. The van der Waals surface area contributed by atoms with Crippen LogP contribution in [0, 0.1) is 0 Å². The first-order valence-electron chi connectivity index (χ1n) is 11.3. The summed E-state index contributed by atoms with van der Waals surface area (Å²) in [6, 6.07) is 5.05. The minimum absolute atomic E-state index is 0.232. The lowest BCUT2D eigenvalue weighted by atomic mass is 9.91. The van der Waals surface area contributed by atoms with Gasteiger partial charge < -0.3 is 14.2 Å². The number of hydrogen-bond donors (Lipinski definition) is 0. The Hall–Kier alpha value is -1.94. The quantitative estimate of drug-likeness (QED) is 0.118. The molecule has 31 heavy (non-hydrogen) atoms. The highest BCUT2D eigenvalue weighted by Gasteiger charge is 2.44. The number of Topliss-reactive ketones (excluding diaryl/α,β-unsaturated/α-hetero) is 1. The summed E-state index contributed by atoms with van der Waals surface area (Å²) in [5, 5.41) is -1.40. The van der Waals surface area contributed by atoms with Crippen LogP contribution in [0.5, 0.6) is 11.5 Å². The average Bonchev–Trinajstić information content (AvgIpc) is 2.80. The molecule has 0 spiro atoms. The maximum Gasteiger partial charge on any atom is 0.324 e. The number of esters is 1. The molecular weight excluding hydrogens is 415 g/mol. The molecule has 0 aliphatic carbocycles. The van der Waals surface area contributed by atoms with Crippen molar-refractivity contribution in [2.24, 2.45) is 0 Å². The van der Waals surface area contributed by atoms with Crippen LogP contribution in [0.4, 0.5) is 0 Å². The summed E-state index contributed by atoms with van der Waals surface area (Å²) >= 11 is 0. The van der Waals surface area contributed by atoms with E-state index in [1.165, 1.54) is 33.5 Å². The van der Waals surface area contributed by atoms with Gasteiger partial charge >= 0.3 is 5.97 Å².